The zero-order valence-corrected chi connectivity index (χ0v) is 11.2. The van der Waals surface area contributed by atoms with Gasteiger partial charge >= 0.3 is 0 Å². The van der Waals surface area contributed by atoms with E-state index in [1.54, 1.807) is 33.6 Å². The van der Waals surface area contributed by atoms with Crippen molar-refractivity contribution in [3.63, 3.8) is 0 Å². The number of nitrogens with zero attached hydrogens (tertiary/aromatic N) is 5. The number of hydrogen-bond acceptors (Lipinski definition) is 5. The number of anilines is 1. The van der Waals surface area contributed by atoms with Crippen LogP contribution in [0.5, 0.6) is 0 Å². The molecule has 3 heterocycles. The van der Waals surface area contributed by atoms with E-state index >= 15 is 0 Å². The maximum atomic E-state index is 12.3. The van der Waals surface area contributed by atoms with Crippen molar-refractivity contribution in [3.05, 3.63) is 52.1 Å². The fourth-order valence-corrected chi connectivity index (χ4v) is 2.15. The average molecular weight is 270 g/mol. The fraction of sp³-hybridized carbons (Fsp3) is 0.231. The van der Waals surface area contributed by atoms with Crippen LogP contribution in [0.15, 0.2) is 29.3 Å². The zero-order valence-electron chi connectivity index (χ0n) is 11.2. The number of aromatic nitrogens is 5. The second-order valence-electron chi connectivity index (χ2n) is 4.70. The Labute approximate surface area is 114 Å². The molecule has 20 heavy (non-hydrogen) atoms. The lowest BCUT2D eigenvalue weighted by molar-refractivity contribution is 0.702. The van der Waals surface area contributed by atoms with Gasteiger partial charge in [-0.3, -0.25) is 4.79 Å². The molecular formula is C13H14N6O. The Hall–Kier alpha value is -2.70. The van der Waals surface area contributed by atoms with Gasteiger partial charge < -0.3 is 10.3 Å². The quantitative estimate of drug-likeness (QED) is 0.733. The Balaban J connectivity index is 2.06. The van der Waals surface area contributed by atoms with Crippen LogP contribution in [0.2, 0.25) is 0 Å². The summed E-state index contributed by atoms with van der Waals surface area (Å²) in [6.45, 7) is 3.97. The van der Waals surface area contributed by atoms with E-state index in [0.717, 1.165) is 11.4 Å². The molecule has 0 aromatic carbocycles. The molecule has 2 N–H and O–H groups in total. The van der Waals surface area contributed by atoms with Crippen LogP contribution in [0.25, 0.3) is 5.52 Å². The summed E-state index contributed by atoms with van der Waals surface area (Å²) in [5.74, 6) is 0.923. The van der Waals surface area contributed by atoms with Crippen LogP contribution in [0.1, 0.15) is 17.2 Å². The molecule has 0 unspecified atom stereocenters. The molecule has 3 aromatic heterocycles. The lowest BCUT2D eigenvalue weighted by Crippen LogP contribution is -2.23. The van der Waals surface area contributed by atoms with E-state index in [2.05, 4.69) is 15.1 Å². The first-order valence-corrected chi connectivity index (χ1v) is 6.18. The number of nitrogens with two attached hydrogens (primary N) is 1. The van der Waals surface area contributed by atoms with Crippen molar-refractivity contribution in [1.82, 2.24) is 24.1 Å². The van der Waals surface area contributed by atoms with Crippen LogP contribution in [0, 0.1) is 13.8 Å². The standard InChI is InChI=1S/C13H14N6O/c1-8-6-11(14)16-12(15-8)7-18-3-4-19-10(13(18)20)5-9(2)17-19/h3-6H,7H2,1-2H3,(H2,14,15,16). The smallest absolute Gasteiger partial charge is 0.276 e. The molecule has 0 saturated carbocycles. The van der Waals surface area contributed by atoms with Gasteiger partial charge in [0, 0.05) is 24.2 Å². The van der Waals surface area contributed by atoms with Crippen molar-refractivity contribution in [1.29, 1.82) is 0 Å². The van der Waals surface area contributed by atoms with E-state index in [0.29, 0.717) is 17.2 Å². The molecule has 102 valence electrons. The second kappa shape index (κ2) is 4.44. The maximum absolute atomic E-state index is 12.3. The molecule has 7 nitrogen and oxygen atoms in total. The molecule has 0 spiro atoms. The van der Waals surface area contributed by atoms with Gasteiger partial charge in [0.15, 0.2) is 5.82 Å². The van der Waals surface area contributed by atoms with Crippen LogP contribution in [0.4, 0.5) is 5.82 Å². The van der Waals surface area contributed by atoms with E-state index in [4.69, 9.17) is 5.73 Å². The number of hydrogen-bond donors (Lipinski definition) is 1. The van der Waals surface area contributed by atoms with Gasteiger partial charge in [-0.2, -0.15) is 5.10 Å². The largest absolute Gasteiger partial charge is 0.384 e. The predicted molar refractivity (Wildman–Crippen MR) is 74.5 cm³/mol. The molecule has 3 rings (SSSR count). The van der Waals surface area contributed by atoms with Crippen molar-refractivity contribution in [2.75, 3.05) is 5.73 Å². The van der Waals surface area contributed by atoms with Gasteiger partial charge in [0.2, 0.25) is 0 Å². The molecule has 0 amide bonds. The van der Waals surface area contributed by atoms with Gasteiger partial charge in [-0.25, -0.2) is 14.5 Å². The second-order valence-corrected chi connectivity index (χ2v) is 4.70. The van der Waals surface area contributed by atoms with Crippen LogP contribution >= 0.6 is 0 Å². The molecule has 3 aromatic rings. The summed E-state index contributed by atoms with van der Waals surface area (Å²) in [4.78, 5) is 20.8. The summed E-state index contributed by atoms with van der Waals surface area (Å²) < 4.78 is 3.12. The van der Waals surface area contributed by atoms with Gasteiger partial charge in [0.25, 0.3) is 5.56 Å². The van der Waals surface area contributed by atoms with Gasteiger partial charge in [-0.15, -0.1) is 0 Å². The molecule has 0 fully saturated rings. The van der Waals surface area contributed by atoms with Crippen molar-refractivity contribution in [2.24, 2.45) is 0 Å². The number of rotatable bonds is 2. The molecule has 0 aliphatic carbocycles. The SMILES string of the molecule is Cc1cc(N)nc(Cn2ccn3nc(C)cc3c2=O)n1. The highest BCUT2D eigenvalue weighted by Crippen LogP contribution is 2.04. The Morgan fingerprint density at radius 1 is 1.15 bits per heavy atom. The lowest BCUT2D eigenvalue weighted by atomic mass is 10.4. The van der Waals surface area contributed by atoms with Crippen molar-refractivity contribution in [3.8, 4) is 0 Å². The van der Waals surface area contributed by atoms with E-state index in [9.17, 15) is 4.79 Å². The summed E-state index contributed by atoms with van der Waals surface area (Å²) in [5, 5.41) is 4.20. The Kier molecular flexibility index (Phi) is 2.74. The minimum Gasteiger partial charge on any atom is -0.384 e. The molecule has 0 aliphatic rings. The Morgan fingerprint density at radius 3 is 2.70 bits per heavy atom. The highest BCUT2D eigenvalue weighted by atomic mass is 16.1. The van der Waals surface area contributed by atoms with Gasteiger partial charge in [0.1, 0.15) is 11.3 Å². The summed E-state index contributed by atoms with van der Waals surface area (Å²) in [6, 6.07) is 3.44. The third kappa shape index (κ3) is 2.13. The van der Waals surface area contributed by atoms with Gasteiger partial charge in [-0.1, -0.05) is 0 Å². The molecule has 0 atom stereocenters. The number of nitrogen functional groups attached to an aromatic ring is 1. The highest BCUT2D eigenvalue weighted by Gasteiger charge is 2.07. The highest BCUT2D eigenvalue weighted by molar-refractivity contribution is 5.45. The van der Waals surface area contributed by atoms with Crippen LogP contribution in [0.3, 0.4) is 0 Å². The average Bonchev–Trinajstić information content (AvgIpc) is 2.73. The van der Waals surface area contributed by atoms with Crippen molar-refractivity contribution >= 4 is 11.3 Å². The maximum Gasteiger partial charge on any atom is 0.276 e. The molecular weight excluding hydrogens is 256 g/mol. The van der Waals surface area contributed by atoms with E-state index < -0.39 is 0 Å². The minimum absolute atomic E-state index is 0.128. The van der Waals surface area contributed by atoms with Crippen molar-refractivity contribution < 1.29 is 0 Å². The summed E-state index contributed by atoms with van der Waals surface area (Å²) >= 11 is 0. The Bertz CT molecular complexity index is 827. The summed E-state index contributed by atoms with van der Waals surface area (Å²) in [7, 11) is 0. The van der Waals surface area contributed by atoms with Crippen LogP contribution in [-0.2, 0) is 6.54 Å². The summed E-state index contributed by atoms with van der Waals surface area (Å²) in [5.41, 5.74) is 7.68. The van der Waals surface area contributed by atoms with E-state index in [1.807, 2.05) is 13.8 Å². The Morgan fingerprint density at radius 2 is 1.95 bits per heavy atom. The van der Waals surface area contributed by atoms with Gasteiger partial charge in [-0.05, 0) is 19.9 Å². The summed E-state index contributed by atoms with van der Waals surface area (Å²) in [6.07, 6.45) is 3.41. The first-order valence-electron chi connectivity index (χ1n) is 6.18. The van der Waals surface area contributed by atoms with Gasteiger partial charge in [0.05, 0.1) is 12.2 Å². The molecule has 0 aliphatic heterocycles. The predicted octanol–water partition coefficient (Wildman–Crippen LogP) is 0.533. The van der Waals surface area contributed by atoms with E-state index in [1.165, 1.54) is 0 Å². The lowest BCUT2D eigenvalue weighted by Gasteiger charge is -2.06. The zero-order chi connectivity index (χ0) is 14.3. The first-order chi connectivity index (χ1) is 9.52. The first kappa shape index (κ1) is 12.3. The fourth-order valence-electron chi connectivity index (χ4n) is 2.15. The molecule has 0 radical (unpaired) electrons. The minimum atomic E-state index is -0.128. The molecule has 0 bridgehead atoms. The van der Waals surface area contributed by atoms with Crippen LogP contribution < -0.4 is 11.3 Å². The molecule has 0 saturated heterocycles. The van der Waals surface area contributed by atoms with Crippen LogP contribution in [-0.4, -0.2) is 24.1 Å². The van der Waals surface area contributed by atoms with Crippen molar-refractivity contribution in [2.45, 2.75) is 20.4 Å². The topological polar surface area (TPSA) is 91.1 Å². The third-order valence-electron chi connectivity index (χ3n) is 2.96. The third-order valence-corrected chi connectivity index (χ3v) is 2.96. The normalized spacial score (nSPS) is 11.1. The van der Waals surface area contributed by atoms with E-state index in [-0.39, 0.29) is 12.1 Å². The molecule has 7 heteroatoms. The number of fused-ring (bicyclic) bond motifs is 1. The monoisotopic (exact) mass is 270 g/mol. The number of aryl methyl sites for hydroxylation is 2.